The standard InChI is InChI=1S/C18H17ClN4O/c1-23-12-11-20-17(23)16(13-7-9-14(19)10-8-13)22-18(24)21-15-5-3-2-4-6-15/h2-12,16H,1H3,(H2,21,22,24)/t16-/m1/s1. The molecule has 2 amide bonds. The zero-order chi connectivity index (χ0) is 16.9. The van der Waals surface area contributed by atoms with Crippen LogP contribution in [0.3, 0.4) is 0 Å². The number of amides is 2. The number of nitrogens with one attached hydrogen (secondary N) is 2. The number of hydrogen-bond donors (Lipinski definition) is 2. The van der Waals surface area contributed by atoms with Crippen molar-refractivity contribution in [2.24, 2.45) is 7.05 Å². The van der Waals surface area contributed by atoms with Crippen molar-refractivity contribution < 1.29 is 4.79 Å². The van der Waals surface area contributed by atoms with Gasteiger partial charge >= 0.3 is 6.03 Å². The van der Waals surface area contributed by atoms with Gasteiger partial charge in [-0.25, -0.2) is 9.78 Å². The molecule has 1 aromatic heterocycles. The lowest BCUT2D eigenvalue weighted by molar-refractivity contribution is 0.249. The largest absolute Gasteiger partial charge is 0.336 e. The maximum absolute atomic E-state index is 12.4. The van der Waals surface area contributed by atoms with E-state index in [1.807, 2.05) is 60.3 Å². The maximum Gasteiger partial charge on any atom is 0.320 e. The zero-order valence-corrected chi connectivity index (χ0v) is 13.9. The molecule has 0 unspecified atom stereocenters. The smallest absolute Gasteiger partial charge is 0.320 e. The number of hydrogen-bond acceptors (Lipinski definition) is 2. The Bertz CT molecular complexity index is 815. The number of imidazole rings is 1. The Morgan fingerprint density at radius 1 is 1.12 bits per heavy atom. The predicted molar refractivity (Wildman–Crippen MR) is 95.1 cm³/mol. The summed E-state index contributed by atoms with van der Waals surface area (Å²) in [7, 11) is 1.89. The molecule has 0 aliphatic carbocycles. The van der Waals surface area contributed by atoms with E-state index in [0.29, 0.717) is 5.02 Å². The number of aryl methyl sites for hydroxylation is 1. The van der Waals surface area contributed by atoms with Crippen molar-refractivity contribution in [3.8, 4) is 0 Å². The van der Waals surface area contributed by atoms with E-state index in [-0.39, 0.29) is 12.1 Å². The highest BCUT2D eigenvalue weighted by Gasteiger charge is 2.20. The van der Waals surface area contributed by atoms with E-state index in [9.17, 15) is 4.79 Å². The molecule has 3 aromatic rings. The lowest BCUT2D eigenvalue weighted by Crippen LogP contribution is -2.34. The Labute approximate surface area is 145 Å². The number of carbonyl (C=O) groups excluding carboxylic acids is 1. The first kappa shape index (κ1) is 16.1. The molecule has 1 heterocycles. The van der Waals surface area contributed by atoms with Crippen LogP contribution in [0, 0.1) is 0 Å². The van der Waals surface area contributed by atoms with Crippen LogP contribution in [0.4, 0.5) is 10.5 Å². The molecule has 0 aliphatic heterocycles. The van der Waals surface area contributed by atoms with Crippen molar-refractivity contribution in [2.75, 3.05) is 5.32 Å². The summed E-state index contributed by atoms with van der Waals surface area (Å²) in [4.78, 5) is 16.7. The van der Waals surface area contributed by atoms with Crippen LogP contribution in [0.1, 0.15) is 17.4 Å². The van der Waals surface area contributed by atoms with Crippen LogP contribution in [0.5, 0.6) is 0 Å². The van der Waals surface area contributed by atoms with Crippen molar-refractivity contribution >= 4 is 23.3 Å². The molecule has 0 radical (unpaired) electrons. The first-order chi connectivity index (χ1) is 11.6. The second kappa shape index (κ2) is 7.19. The van der Waals surface area contributed by atoms with Crippen LogP contribution in [0.15, 0.2) is 67.0 Å². The number of carbonyl (C=O) groups is 1. The van der Waals surface area contributed by atoms with E-state index >= 15 is 0 Å². The maximum atomic E-state index is 12.4. The molecule has 1 atom stereocenters. The molecule has 2 aromatic carbocycles. The lowest BCUT2D eigenvalue weighted by atomic mass is 10.1. The van der Waals surface area contributed by atoms with Crippen LogP contribution < -0.4 is 10.6 Å². The van der Waals surface area contributed by atoms with Gasteiger partial charge in [-0.1, -0.05) is 41.9 Å². The van der Waals surface area contributed by atoms with Crippen LogP contribution in [-0.2, 0) is 7.05 Å². The van der Waals surface area contributed by atoms with Gasteiger partial charge in [0.25, 0.3) is 0 Å². The average Bonchev–Trinajstić information content (AvgIpc) is 3.00. The summed E-state index contributed by atoms with van der Waals surface area (Å²) in [6, 6.07) is 16.0. The number of halogens is 1. The Morgan fingerprint density at radius 3 is 2.46 bits per heavy atom. The Hall–Kier alpha value is -2.79. The number of rotatable bonds is 4. The minimum absolute atomic E-state index is 0.302. The van der Waals surface area contributed by atoms with Gasteiger partial charge in [0.15, 0.2) is 0 Å². The second-order valence-corrected chi connectivity index (χ2v) is 5.78. The third-order valence-corrected chi connectivity index (χ3v) is 3.88. The summed E-state index contributed by atoms with van der Waals surface area (Å²) < 4.78 is 1.88. The van der Waals surface area contributed by atoms with Crippen molar-refractivity contribution in [3.05, 3.63) is 83.4 Å². The number of nitrogens with zero attached hydrogens (tertiary/aromatic N) is 2. The number of anilines is 1. The van der Waals surface area contributed by atoms with Crippen LogP contribution in [0.2, 0.25) is 5.02 Å². The first-order valence-electron chi connectivity index (χ1n) is 7.49. The molecule has 0 saturated carbocycles. The molecule has 0 saturated heterocycles. The number of benzene rings is 2. The molecule has 0 aliphatic rings. The van der Waals surface area contributed by atoms with Gasteiger partial charge in [-0.05, 0) is 29.8 Å². The summed E-state index contributed by atoms with van der Waals surface area (Å²) in [5.41, 5.74) is 1.63. The highest BCUT2D eigenvalue weighted by Crippen LogP contribution is 2.22. The van der Waals surface area contributed by atoms with E-state index in [4.69, 9.17) is 11.6 Å². The predicted octanol–water partition coefficient (Wildman–Crippen LogP) is 3.98. The highest BCUT2D eigenvalue weighted by atomic mass is 35.5. The fourth-order valence-corrected chi connectivity index (χ4v) is 2.55. The molecule has 0 fully saturated rings. The van der Waals surface area contributed by atoms with Crippen LogP contribution in [0.25, 0.3) is 0 Å². The fraction of sp³-hybridized carbons (Fsp3) is 0.111. The van der Waals surface area contributed by atoms with Gasteiger partial charge in [0.1, 0.15) is 11.9 Å². The van der Waals surface area contributed by atoms with Crippen molar-refractivity contribution in [1.29, 1.82) is 0 Å². The fourth-order valence-electron chi connectivity index (χ4n) is 2.43. The Balaban J connectivity index is 1.84. The van der Waals surface area contributed by atoms with Gasteiger partial charge in [-0.2, -0.15) is 0 Å². The minimum Gasteiger partial charge on any atom is -0.336 e. The summed E-state index contributed by atoms with van der Waals surface area (Å²) in [5, 5.41) is 6.43. The van der Waals surface area contributed by atoms with E-state index in [2.05, 4.69) is 15.6 Å². The van der Waals surface area contributed by atoms with Gasteiger partial charge < -0.3 is 15.2 Å². The monoisotopic (exact) mass is 340 g/mol. The molecule has 5 nitrogen and oxygen atoms in total. The van der Waals surface area contributed by atoms with E-state index in [1.54, 1.807) is 18.3 Å². The van der Waals surface area contributed by atoms with Crippen molar-refractivity contribution in [3.63, 3.8) is 0 Å². The average molecular weight is 341 g/mol. The topological polar surface area (TPSA) is 59.0 Å². The van der Waals surface area contributed by atoms with Crippen molar-refractivity contribution in [1.82, 2.24) is 14.9 Å². The molecule has 122 valence electrons. The molecule has 2 N–H and O–H groups in total. The molecule has 24 heavy (non-hydrogen) atoms. The van der Waals surface area contributed by atoms with Crippen LogP contribution in [-0.4, -0.2) is 15.6 Å². The second-order valence-electron chi connectivity index (χ2n) is 5.35. The zero-order valence-electron chi connectivity index (χ0n) is 13.1. The summed E-state index contributed by atoms with van der Waals surface area (Å²) in [5.74, 6) is 0.737. The molecule has 3 rings (SSSR count). The third-order valence-electron chi connectivity index (χ3n) is 3.63. The van der Waals surface area contributed by atoms with Crippen molar-refractivity contribution in [2.45, 2.75) is 6.04 Å². The SMILES string of the molecule is Cn1ccnc1[C@H](NC(=O)Nc1ccccc1)c1ccc(Cl)cc1. The summed E-state index contributed by atoms with van der Waals surface area (Å²) in [6.07, 6.45) is 3.55. The number of urea groups is 1. The third kappa shape index (κ3) is 3.75. The Morgan fingerprint density at radius 2 is 1.83 bits per heavy atom. The highest BCUT2D eigenvalue weighted by molar-refractivity contribution is 6.30. The molecule has 6 heteroatoms. The summed E-state index contributed by atoms with van der Waals surface area (Å²) in [6.45, 7) is 0. The summed E-state index contributed by atoms with van der Waals surface area (Å²) >= 11 is 5.97. The molecular formula is C18H17ClN4O. The minimum atomic E-state index is -0.383. The molecular weight excluding hydrogens is 324 g/mol. The van der Waals surface area contributed by atoms with E-state index in [0.717, 1.165) is 17.1 Å². The van der Waals surface area contributed by atoms with E-state index in [1.165, 1.54) is 0 Å². The van der Waals surface area contributed by atoms with Gasteiger partial charge in [-0.3, -0.25) is 0 Å². The van der Waals surface area contributed by atoms with Gasteiger partial charge in [-0.15, -0.1) is 0 Å². The van der Waals surface area contributed by atoms with E-state index < -0.39 is 0 Å². The normalized spacial score (nSPS) is 11.8. The lowest BCUT2D eigenvalue weighted by Gasteiger charge is -2.19. The quantitative estimate of drug-likeness (QED) is 0.754. The van der Waals surface area contributed by atoms with Gasteiger partial charge in [0.05, 0.1) is 0 Å². The van der Waals surface area contributed by atoms with Gasteiger partial charge in [0, 0.05) is 30.2 Å². The number of aromatic nitrogens is 2. The van der Waals surface area contributed by atoms with Gasteiger partial charge in [0.2, 0.25) is 0 Å². The number of para-hydroxylation sites is 1. The van der Waals surface area contributed by atoms with Crippen LogP contribution >= 0.6 is 11.6 Å². The molecule has 0 spiro atoms. The first-order valence-corrected chi connectivity index (χ1v) is 7.86. The Kier molecular flexibility index (Phi) is 4.82. The molecule has 0 bridgehead atoms.